The fraction of sp³-hybridized carbons (Fsp3) is 0.571. The molecular formula is C7H15N3O. The van der Waals surface area contributed by atoms with Gasteiger partial charge in [0.15, 0.2) is 0 Å². The highest BCUT2D eigenvalue weighted by Crippen LogP contribution is 2.09. The van der Waals surface area contributed by atoms with E-state index in [1.807, 2.05) is 6.92 Å². The minimum Gasteiger partial charge on any atom is -0.366 e. The van der Waals surface area contributed by atoms with Crippen molar-refractivity contribution in [3.8, 4) is 0 Å². The lowest BCUT2D eigenvalue weighted by Crippen LogP contribution is -2.38. The molecule has 6 N–H and O–H groups in total. The van der Waals surface area contributed by atoms with Crippen molar-refractivity contribution in [3.05, 3.63) is 12.2 Å². The molecule has 0 aliphatic carbocycles. The highest BCUT2D eigenvalue weighted by Gasteiger charge is 2.11. The van der Waals surface area contributed by atoms with Crippen LogP contribution in [0.1, 0.15) is 13.3 Å². The lowest BCUT2D eigenvalue weighted by atomic mass is 10.00. The van der Waals surface area contributed by atoms with Crippen LogP contribution < -0.4 is 17.2 Å². The van der Waals surface area contributed by atoms with E-state index in [2.05, 4.69) is 6.58 Å². The minimum atomic E-state index is -0.488. The second-order valence-corrected chi connectivity index (χ2v) is 2.73. The van der Waals surface area contributed by atoms with E-state index in [0.717, 1.165) is 0 Å². The summed E-state index contributed by atoms with van der Waals surface area (Å²) in [6.45, 7) is 5.34. The maximum atomic E-state index is 10.5. The van der Waals surface area contributed by atoms with Crippen molar-refractivity contribution < 1.29 is 4.79 Å². The van der Waals surface area contributed by atoms with Crippen LogP contribution >= 0.6 is 0 Å². The molecule has 0 aliphatic rings. The largest absolute Gasteiger partial charge is 0.366 e. The fourth-order valence-corrected chi connectivity index (χ4v) is 0.625. The van der Waals surface area contributed by atoms with Gasteiger partial charge in [-0.3, -0.25) is 4.79 Å². The SMILES string of the molecule is C=C(CC(C)C(N)N)C(N)=O. The van der Waals surface area contributed by atoms with Crippen molar-refractivity contribution in [1.29, 1.82) is 0 Å². The molecular weight excluding hydrogens is 142 g/mol. The molecule has 4 nitrogen and oxygen atoms in total. The summed E-state index contributed by atoms with van der Waals surface area (Å²) in [5.41, 5.74) is 16.1. The third-order valence-corrected chi connectivity index (χ3v) is 1.57. The second-order valence-electron chi connectivity index (χ2n) is 2.73. The summed E-state index contributed by atoms with van der Waals surface area (Å²) >= 11 is 0. The Kier molecular flexibility index (Phi) is 3.78. The standard InChI is InChI=1S/C7H15N3O/c1-4(6(8)9)3-5(2)7(10)11/h4,6H,2-3,8-9H2,1H3,(H2,10,11). The van der Waals surface area contributed by atoms with Gasteiger partial charge in [-0.25, -0.2) is 0 Å². The van der Waals surface area contributed by atoms with E-state index in [1.54, 1.807) is 0 Å². The van der Waals surface area contributed by atoms with Gasteiger partial charge in [0.1, 0.15) is 0 Å². The third-order valence-electron chi connectivity index (χ3n) is 1.57. The number of carbonyl (C=O) groups is 1. The Balaban J connectivity index is 3.85. The number of rotatable bonds is 4. The van der Waals surface area contributed by atoms with Gasteiger partial charge in [0, 0.05) is 5.57 Å². The quantitative estimate of drug-likeness (QED) is 0.372. The van der Waals surface area contributed by atoms with Crippen molar-refractivity contribution >= 4 is 5.91 Å². The van der Waals surface area contributed by atoms with E-state index in [1.165, 1.54) is 0 Å². The molecule has 0 rings (SSSR count). The molecule has 0 heterocycles. The number of carbonyl (C=O) groups excluding carboxylic acids is 1. The lowest BCUT2D eigenvalue weighted by Gasteiger charge is -2.14. The Morgan fingerprint density at radius 3 is 2.27 bits per heavy atom. The molecule has 4 heteroatoms. The van der Waals surface area contributed by atoms with E-state index < -0.39 is 12.1 Å². The lowest BCUT2D eigenvalue weighted by molar-refractivity contribution is -0.114. The molecule has 0 spiro atoms. The average Bonchev–Trinajstić information content (AvgIpc) is 1.87. The van der Waals surface area contributed by atoms with Gasteiger partial charge in [-0.05, 0) is 12.3 Å². The predicted octanol–water partition coefficient (Wildman–Crippen LogP) is -0.702. The zero-order chi connectivity index (χ0) is 9.02. The molecule has 1 unspecified atom stereocenters. The van der Waals surface area contributed by atoms with Crippen molar-refractivity contribution in [2.24, 2.45) is 23.1 Å². The highest BCUT2D eigenvalue weighted by molar-refractivity contribution is 5.91. The van der Waals surface area contributed by atoms with Crippen molar-refractivity contribution in [2.45, 2.75) is 19.5 Å². The topological polar surface area (TPSA) is 95.1 Å². The Hall–Kier alpha value is -0.870. The monoisotopic (exact) mass is 157 g/mol. The first-order valence-corrected chi connectivity index (χ1v) is 3.44. The number of primary amides is 1. The maximum Gasteiger partial charge on any atom is 0.244 e. The minimum absolute atomic E-state index is 0.0370. The first-order chi connectivity index (χ1) is 4.95. The molecule has 64 valence electrons. The first-order valence-electron chi connectivity index (χ1n) is 3.44. The Labute approximate surface area is 66.4 Å². The molecule has 0 aromatic carbocycles. The molecule has 1 amide bonds. The summed E-state index contributed by atoms with van der Waals surface area (Å²) in [7, 11) is 0. The Morgan fingerprint density at radius 2 is 2.00 bits per heavy atom. The number of amides is 1. The molecule has 0 saturated heterocycles. The van der Waals surface area contributed by atoms with E-state index >= 15 is 0 Å². The second kappa shape index (κ2) is 4.10. The number of nitrogens with two attached hydrogens (primary N) is 3. The highest BCUT2D eigenvalue weighted by atomic mass is 16.1. The summed E-state index contributed by atoms with van der Waals surface area (Å²) in [6.07, 6.45) is 0.0404. The van der Waals surface area contributed by atoms with Crippen molar-refractivity contribution in [3.63, 3.8) is 0 Å². The molecule has 0 bridgehead atoms. The van der Waals surface area contributed by atoms with Crippen LogP contribution in [-0.4, -0.2) is 12.1 Å². The molecule has 0 aromatic heterocycles. The van der Waals surface area contributed by atoms with Crippen LogP contribution in [0.5, 0.6) is 0 Å². The Bertz CT molecular complexity index is 165. The molecule has 1 atom stereocenters. The van der Waals surface area contributed by atoms with Gasteiger partial charge in [0.25, 0.3) is 0 Å². The zero-order valence-electron chi connectivity index (χ0n) is 6.71. The summed E-state index contributed by atoms with van der Waals surface area (Å²) in [5, 5.41) is 0. The summed E-state index contributed by atoms with van der Waals surface area (Å²) in [6, 6.07) is 0. The molecule has 0 saturated carbocycles. The average molecular weight is 157 g/mol. The van der Waals surface area contributed by atoms with Gasteiger partial charge in [0.05, 0.1) is 6.17 Å². The predicted molar refractivity (Wildman–Crippen MR) is 44.3 cm³/mol. The first kappa shape index (κ1) is 10.1. The molecule has 11 heavy (non-hydrogen) atoms. The number of hydrogen-bond acceptors (Lipinski definition) is 3. The third kappa shape index (κ3) is 3.75. The van der Waals surface area contributed by atoms with Crippen molar-refractivity contribution in [2.75, 3.05) is 0 Å². The maximum absolute atomic E-state index is 10.5. The van der Waals surface area contributed by atoms with Crippen LogP contribution in [-0.2, 0) is 4.79 Å². The van der Waals surface area contributed by atoms with Gasteiger partial charge in [-0.1, -0.05) is 13.5 Å². The fourth-order valence-electron chi connectivity index (χ4n) is 0.625. The van der Waals surface area contributed by atoms with Crippen LogP contribution in [0.4, 0.5) is 0 Å². The Morgan fingerprint density at radius 1 is 1.55 bits per heavy atom. The van der Waals surface area contributed by atoms with Crippen LogP contribution in [0, 0.1) is 5.92 Å². The van der Waals surface area contributed by atoms with E-state index in [4.69, 9.17) is 17.2 Å². The van der Waals surface area contributed by atoms with Gasteiger partial charge in [-0.15, -0.1) is 0 Å². The van der Waals surface area contributed by atoms with Gasteiger partial charge >= 0.3 is 0 Å². The molecule has 0 fully saturated rings. The van der Waals surface area contributed by atoms with Crippen LogP contribution in [0.3, 0.4) is 0 Å². The number of hydrogen-bond donors (Lipinski definition) is 3. The van der Waals surface area contributed by atoms with E-state index in [9.17, 15) is 4.79 Å². The molecule has 0 aliphatic heterocycles. The smallest absolute Gasteiger partial charge is 0.244 e. The van der Waals surface area contributed by atoms with E-state index in [0.29, 0.717) is 12.0 Å². The van der Waals surface area contributed by atoms with Crippen LogP contribution in [0.25, 0.3) is 0 Å². The molecule has 0 radical (unpaired) electrons. The van der Waals surface area contributed by atoms with Gasteiger partial charge in [-0.2, -0.15) is 0 Å². The van der Waals surface area contributed by atoms with Gasteiger partial charge < -0.3 is 17.2 Å². The normalized spacial score (nSPS) is 13.1. The van der Waals surface area contributed by atoms with Crippen LogP contribution in [0.15, 0.2) is 12.2 Å². The van der Waals surface area contributed by atoms with Crippen molar-refractivity contribution in [1.82, 2.24) is 0 Å². The van der Waals surface area contributed by atoms with Gasteiger partial charge in [0.2, 0.25) is 5.91 Å². The van der Waals surface area contributed by atoms with Crippen LogP contribution in [0.2, 0.25) is 0 Å². The van der Waals surface area contributed by atoms with E-state index in [-0.39, 0.29) is 5.92 Å². The summed E-state index contributed by atoms with van der Waals surface area (Å²) in [4.78, 5) is 10.5. The zero-order valence-corrected chi connectivity index (χ0v) is 6.71. The molecule has 0 aromatic rings. The summed E-state index contributed by atoms with van der Waals surface area (Å²) in [5.74, 6) is -0.451. The summed E-state index contributed by atoms with van der Waals surface area (Å²) < 4.78 is 0.